The van der Waals surface area contributed by atoms with Crippen LogP contribution in [0.1, 0.15) is 32.6 Å². The summed E-state index contributed by atoms with van der Waals surface area (Å²) < 4.78 is 2.81. The van der Waals surface area contributed by atoms with Crippen LogP contribution in [0.15, 0.2) is 25.6 Å². The van der Waals surface area contributed by atoms with Gasteiger partial charge in [0.05, 0.1) is 5.69 Å². The summed E-state index contributed by atoms with van der Waals surface area (Å²) in [7, 11) is 0. The van der Waals surface area contributed by atoms with Crippen molar-refractivity contribution in [3.05, 3.63) is 25.6 Å². The molecule has 1 unspecified atom stereocenters. The number of carbonyl (C=O) groups excluding carboxylic acids is 1. The monoisotopic (exact) mass is 466 g/mol. The van der Waals surface area contributed by atoms with Gasteiger partial charge >= 0.3 is 0 Å². The number of rotatable bonds is 4. The van der Waals surface area contributed by atoms with Gasteiger partial charge < -0.3 is 10.6 Å². The lowest BCUT2D eigenvalue weighted by Gasteiger charge is -2.20. The van der Waals surface area contributed by atoms with Crippen molar-refractivity contribution in [1.82, 2.24) is 5.32 Å². The Bertz CT molecular complexity index is 478. The molecule has 0 saturated heterocycles. The number of anilines is 1. The lowest BCUT2D eigenvalue weighted by atomic mass is 10.2. The fourth-order valence-corrected chi connectivity index (χ4v) is 4.85. The molecule has 0 bridgehead atoms. The molecule has 0 radical (unpaired) electrons. The summed E-state index contributed by atoms with van der Waals surface area (Å²) in [5, 5.41) is 6.36. The van der Waals surface area contributed by atoms with Gasteiger partial charge in [-0.1, -0.05) is 28.8 Å². The van der Waals surface area contributed by atoms with Crippen molar-refractivity contribution >= 4 is 59.4 Å². The maximum atomic E-state index is 12.2. The standard InChI is InChI=1S/C14H17Br3N2O/c1-8(14(20)19-10-4-2-3-5-10)18-13-11(16)6-9(15)7-12(13)17/h6-8,10,18H,2-5H2,1H3,(H,19,20). The molecule has 1 atom stereocenters. The van der Waals surface area contributed by atoms with E-state index in [-0.39, 0.29) is 11.9 Å². The van der Waals surface area contributed by atoms with Crippen LogP contribution in [0.4, 0.5) is 5.69 Å². The normalized spacial score (nSPS) is 17.0. The molecule has 1 aliphatic rings. The van der Waals surface area contributed by atoms with Crippen molar-refractivity contribution in [2.45, 2.75) is 44.7 Å². The van der Waals surface area contributed by atoms with Crippen molar-refractivity contribution in [3.8, 4) is 0 Å². The van der Waals surface area contributed by atoms with Crippen LogP contribution in [0, 0.1) is 0 Å². The maximum absolute atomic E-state index is 12.2. The van der Waals surface area contributed by atoms with E-state index in [1.165, 1.54) is 12.8 Å². The molecule has 110 valence electrons. The van der Waals surface area contributed by atoms with Crippen molar-refractivity contribution < 1.29 is 4.79 Å². The molecule has 0 heterocycles. The molecule has 1 aromatic rings. The highest BCUT2D eigenvalue weighted by Crippen LogP contribution is 2.34. The molecule has 3 nitrogen and oxygen atoms in total. The Morgan fingerprint density at radius 3 is 2.30 bits per heavy atom. The van der Waals surface area contributed by atoms with E-state index in [4.69, 9.17) is 0 Å². The second kappa shape index (κ2) is 7.27. The molecule has 1 aromatic carbocycles. The first-order valence-corrected chi connectivity index (χ1v) is 9.06. The SMILES string of the molecule is CC(Nc1c(Br)cc(Br)cc1Br)C(=O)NC1CCCC1. The molecule has 2 rings (SSSR count). The van der Waals surface area contributed by atoms with Gasteiger partial charge in [0.15, 0.2) is 0 Å². The van der Waals surface area contributed by atoms with Crippen molar-refractivity contribution in [3.63, 3.8) is 0 Å². The minimum absolute atomic E-state index is 0.0543. The topological polar surface area (TPSA) is 41.1 Å². The van der Waals surface area contributed by atoms with E-state index in [2.05, 4.69) is 58.4 Å². The molecule has 1 fully saturated rings. The second-order valence-corrected chi connectivity index (χ2v) is 7.72. The molecular weight excluding hydrogens is 452 g/mol. The highest BCUT2D eigenvalue weighted by molar-refractivity contribution is 9.11. The fraction of sp³-hybridized carbons (Fsp3) is 0.500. The summed E-state index contributed by atoms with van der Waals surface area (Å²) >= 11 is 10.5. The summed E-state index contributed by atoms with van der Waals surface area (Å²) in [5.41, 5.74) is 0.891. The van der Waals surface area contributed by atoms with Crippen LogP contribution in [0.25, 0.3) is 0 Å². The zero-order chi connectivity index (χ0) is 14.7. The number of hydrogen-bond acceptors (Lipinski definition) is 2. The van der Waals surface area contributed by atoms with Gasteiger partial charge in [-0.2, -0.15) is 0 Å². The minimum Gasteiger partial charge on any atom is -0.372 e. The van der Waals surface area contributed by atoms with Crippen LogP contribution in [-0.2, 0) is 4.79 Å². The summed E-state index contributed by atoms with van der Waals surface area (Å²) in [6.45, 7) is 1.88. The second-order valence-electron chi connectivity index (χ2n) is 5.10. The van der Waals surface area contributed by atoms with Gasteiger partial charge in [-0.25, -0.2) is 0 Å². The van der Waals surface area contributed by atoms with E-state index in [0.29, 0.717) is 6.04 Å². The Labute approximate surface area is 144 Å². The Morgan fingerprint density at radius 2 is 1.75 bits per heavy atom. The van der Waals surface area contributed by atoms with Gasteiger partial charge in [-0.15, -0.1) is 0 Å². The Morgan fingerprint density at radius 1 is 1.20 bits per heavy atom. The third-order valence-electron chi connectivity index (χ3n) is 3.46. The molecule has 0 spiro atoms. The molecule has 0 aromatic heterocycles. The third-order valence-corrected chi connectivity index (χ3v) is 5.17. The number of carbonyl (C=O) groups is 1. The number of benzene rings is 1. The molecule has 1 saturated carbocycles. The van der Waals surface area contributed by atoms with E-state index >= 15 is 0 Å². The van der Waals surface area contributed by atoms with E-state index in [1.807, 2.05) is 19.1 Å². The molecule has 1 aliphatic carbocycles. The first-order chi connectivity index (χ1) is 9.47. The van der Waals surface area contributed by atoms with Crippen LogP contribution in [0.5, 0.6) is 0 Å². The summed E-state index contributed by atoms with van der Waals surface area (Å²) in [6, 6.07) is 3.98. The third kappa shape index (κ3) is 4.21. The molecule has 0 aliphatic heterocycles. The van der Waals surface area contributed by atoms with Gasteiger partial charge in [0.1, 0.15) is 6.04 Å². The van der Waals surface area contributed by atoms with Crippen LogP contribution in [0.2, 0.25) is 0 Å². The van der Waals surface area contributed by atoms with Crippen LogP contribution < -0.4 is 10.6 Å². The molecular formula is C14H17Br3N2O. The minimum atomic E-state index is -0.274. The van der Waals surface area contributed by atoms with E-state index in [0.717, 1.165) is 31.9 Å². The van der Waals surface area contributed by atoms with Crippen molar-refractivity contribution in [2.24, 2.45) is 0 Å². The largest absolute Gasteiger partial charge is 0.372 e. The van der Waals surface area contributed by atoms with Gasteiger partial charge in [0.25, 0.3) is 0 Å². The van der Waals surface area contributed by atoms with Crippen LogP contribution >= 0.6 is 47.8 Å². The summed E-state index contributed by atoms with van der Waals surface area (Å²) in [5.74, 6) is 0.0543. The summed E-state index contributed by atoms with van der Waals surface area (Å²) in [6.07, 6.45) is 4.64. The number of hydrogen-bond donors (Lipinski definition) is 2. The van der Waals surface area contributed by atoms with Crippen molar-refractivity contribution in [1.29, 1.82) is 0 Å². The first-order valence-electron chi connectivity index (χ1n) is 6.69. The zero-order valence-electron chi connectivity index (χ0n) is 11.2. The first kappa shape index (κ1) is 16.3. The Balaban J connectivity index is 2.00. The summed E-state index contributed by atoms with van der Waals surface area (Å²) in [4.78, 5) is 12.2. The number of nitrogens with one attached hydrogen (secondary N) is 2. The van der Waals surface area contributed by atoms with E-state index in [9.17, 15) is 4.79 Å². The average molecular weight is 469 g/mol. The number of halogens is 3. The van der Waals surface area contributed by atoms with Crippen LogP contribution in [-0.4, -0.2) is 18.0 Å². The highest BCUT2D eigenvalue weighted by Gasteiger charge is 2.21. The fourth-order valence-electron chi connectivity index (χ4n) is 2.36. The maximum Gasteiger partial charge on any atom is 0.242 e. The van der Waals surface area contributed by atoms with Gasteiger partial charge in [0, 0.05) is 19.5 Å². The number of amides is 1. The Kier molecular flexibility index (Phi) is 5.93. The molecule has 6 heteroatoms. The molecule has 1 amide bonds. The van der Waals surface area contributed by atoms with Gasteiger partial charge in [-0.3, -0.25) is 4.79 Å². The van der Waals surface area contributed by atoms with E-state index in [1.54, 1.807) is 0 Å². The molecule has 2 N–H and O–H groups in total. The van der Waals surface area contributed by atoms with Gasteiger partial charge in [0.2, 0.25) is 5.91 Å². The molecule has 20 heavy (non-hydrogen) atoms. The Hall–Kier alpha value is -0.0700. The predicted octanol–water partition coefficient (Wildman–Crippen LogP) is 4.83. The van der Waals surface area contributed by atoms with Crippen molar-refractivity contribution in [2.75, 3.05) is 5.32 Å². The smallest absolute Gasteiger partial charge is 0.242 e. The average Bonchev–Trinajstić information content (AvgIpc) is 2.86. The lowest BCUT2D eigenvalue weighted by Crippen LogP contribution is -2.42. The predicted molar refractivity (Wildman–Crippen MR) is 93.0 cm³/mol. The van der Waals surface area contributed by atoms with E-state index < -0.39 is 0 Å². The lowest BCUT2D eigenvalue weighted by molar-refractivity contribution is -0.122. The zero-order valence-corrected chi connectivity index (χ0v) is 15.9. The highest BCUT2D eigenvalue weighted by atomic mass is 79.9. The van der Waals surface area contributed by atoms with Gasteiger partial charge in [-0.05, 0) is 63.8 Å². The van der Waals surface area contributed by atoms with Crippen LogP contribution in [0.3, 0.4) is 0 Å². The quantitative estimate of drug-likeness (QED) is 0.664.